The molecule has 0 unspecified atom stereocenters. The Morgan fingerprint density at radius 2 is 0.451 bits per heavy atom. The second-order valence-electron chi connectivity index (χ2n) is 13.5. The van der Waals surface area contributed by atoms with Crippen LogP contribution in [-0.4, -0.2) is 21.8 Å². The minimum Gasteiger partial charge on any atom is -0.506 e. The summed E-state index contributed by atoms with van der Waals surface area (Å²) in [4.78, 5) is 25.0. The van der Waals surface area contributed by atoms with Crippen molar-refractivity contribution in [3.05, 3.63) is 151 Å². The molecule has 6 nitrogen and oxygen atoms in total. The summed E-state index contributed by atoms with van der Waals surface area (Å²) in [5.74, 6) is -7.71. The van der Waals surface area contributed by atoms with Crippen molar-refractivity contribution in [1.82, 2.24) is 0 Å². The van der Waals surface area contributed by atoms with Gasteiger partial charge in [0.2, 0.25) is 11.6 Å². The molecule has 0 amide bonds. The SMILES string of the molecule is N#C/C(C(=O)c1cc(C(F)(F)F)cc(C(F)(F)F)c1)=C(/O)c1cc(C(F)(F)F)cc(C(F)(F)F)c1.N#C/C(C(=O)c1cc(C(F)(F)F)cc(C(F)(F)F)c1)=C(/O)c1cc(C(F)(F)F)cc(C(F)(F)F)c1.[Cu]. The molecular formula is C40H14CuF24N2O4. The minimum atomic E-state index is -5.42. The van der Waals surface area contributed by atoms with Gasteiger partial charge >= 0.3 is 49.4 Å². The van der Waals surface area contributed by atoms with Gasteiger partial charge in [0.05, 0.1) is 44.5 Å². The summed E-state index contributed by atoms with van der Waals surface area (Å²) in [5.41, 5.74) is -25.0. The third kappa shape index (κ3) is 15.1. The maximum absolute atomic E-state index is 13.0. The van der Waals surface area contributed by atoms with Gasteiger partial charge in [-0.25, -0.2) is 0 Å². The zero-order valence-electron chi connectivity index (χ0n) is 32.9. The number of aliphatic hydroxyl groups excluding tert-OH is 2. The molecule has 4 rings (SSSR count). The second kappa shape index (κ2) is 20.5. The molecule has 71 heavy (non-hydrogen) atoms. The molecule has 1 radical (unpaired) electrons. The molecule has 4 aromatic carbocycles. The number of rotatable bonds is 6. The van der Waals surface area contributed by atoms with Crippen molar-refractivity contribution in [1.29, 1.82) is 10.5 Å². The zero-order chi connectivity index (χ0) is 54.3. The van der Waals surface area contributed by atoms with Crippen LogP contribution in [0.1, 0.15) is 76.4 Å². The van der Waals surface area contributed by atoms with E-state index in [2.05, 4.69) is 0 Å². The number of carbonyl (C=O) groups excluding carboxylic acids is 2. The molecule has 0 saturated heterocycles. The number of hydrogen-bond acceptors (Lipinski definition) is 6. The predicted molar refractivity (Wildman–Crippen MR) is 185 cm³/mol. The summed E-state index contributed by atoms with van der Waals surface area (Å²) in [6, 6.07) is -0.565. The van der Waals surface area contributed by atoms with E-state index >= 15 is 0 Å². The van der Waals surface area contributed by atoms with Crippen molar-refractivity contribution >= 4 is 23.1 Å². The number of ketones is 2. The quantitative estimate of drug-likeness (QED) is 0.0495. The van der Waals surface area contributed by atoms with Crippen LogP contribution in [-0.2, 0) is 66.5 Å². The summed E-state index contributed by atoms with van der Waals surface area (Å²) in [5, 5.41) is 38.5. The Labute approximate surface area is 387 Å². The van der Waals surface area contributed by atoms with E-state index in [1.165, 1.54) is 0 Å². The smallest absolute Gasteiger partial charge is 0.416 e. The van der Waals surface area contributed by atoms with Crippen molar-refractivity contribution in [3.63, 3.8) is 0 Å². The Morgan fingerprint density at radius 3 is 0.577 bits per heavy atom. The van der Waals surface area contributed by atoms with Crippen molar-refractivity contribution in [2.24, 2.45) is 0 Å². The Morgan fingerprint density at radius 1 is 0.310 bits per heavy atom. The largest absolute Gasteiger partial charge is 0.506 e. The van der Waals surface area contributed by atoms with Gasteiger partial charge in [-0.2, -0.15) is 116 Å². The maximum Gasteiger partial charge on any atom is 0.416 e. The molecule has 387 valence electrons. The Hall–Kier alpha value is -6.88. The third-order valence-corrected chi connectivity index (χ3v) is 8.57. The summed E-state index contributed by atoms with van der Waals surface area (Å²) in [6.07, 6.45) is -43.3. The Kier molecular flexibility index (Phi) is 17.4. The fourth-order valence-electron chi connectivity index (χ4n) is 5.36. The normalized spacial score (nSPS) is 13.6. The topological polar surface area (TPSA) is 122 Å². The number of nitrogens with zero attached hydrogens (tertiary/aromatic N) is 2. The van der Waals surface area contributed by atoms with Crippen LogP contribution < -0.4 is 0 Å². The fraction of sp³-hybridized carbons (Fsp3) is 0.200. The van der Waals surface area contributed by atoms with E-state index in [0.717, 1.165) is 12.1 Å². The minimum absolute atomic E-state index is 0. The molecule has 0 spiro atoms. The molecule has 2 N–H and O–H groups in total. The first-order chi connectivity index (χ1) is 31.3. The van der Waals surface area contributed by atoms with Gasteiger partial charge in [0.1, 0.15) is 34.8 Å². The Balaban J connectivity index is 0.000000480. The molecule has 0 saturated carbocycles. The number of Topliss-reactive ketones (excluding diaryl/α,β-unsaturated/α-hetero) is 2. The van der Waals surface area contributed by atoms with E-state index < -0.39 is 150 Å². The summed E-state index contributed by atoms with van der Waals surface area (Å²) < 4.78 is 312. The molecule has 31 heteroatoms. The number of benzene rings is 4. The van der Waals surface area contributed by atoms with Gasteiger partial charge in [0, 0.05) is 39.3 Å². The molecule has 0 aromatic heterocycles. The van der Waals surface area contributed by atoms with Gasteiger partial charge in [-0.05, 0) is 72.8 Å². The summed E-state index contributed by atoms with van der Waals surface area (Å²) in [7, 11) is 0. The van der Waals surface area contributed by atoms with Crippen molar-refractivity contribution < 1.29 is 142 Å². The fourth-order valence-corrected chi connectivity index (χ4v) is 5.36. The van der Waals surface area contributed by atoms with E-state index in [1.54, 1.807) is 0 Å². The first kappa shape index (κ1) is 60.2. The van der Waals surface area contributed by atoms with Gasteiger partial charge in [-0.3, -0.25) is 9.59 Å². The molecule has 0 atom stereocenters. The number of alkyl halides is 24. The average molecular weight is 1110 g/mol. The Bertz CT molecular complexity index is 2520. The number of halogens is 24. The predicted octanol–water partition coefficient (Wildman–Crippen LogP) is 14.9. The number of nitriles is 2. The van der Waals surface area contributed by atoms with Crippen LogP contribution in [0.15, 0.2) is 83.9 Å². The van der Waals surface area contributed by atoms with Gasteiger partial charge in [0.15, 0.2) is 0 Å². The van der Waals surface area contributed by atoms with E-state index in [-0.39, 0.29) is 89.9 Å². The average Bonchev–Trinajstić information content (AvgIpc) is 3.21. The molecule has 4 aromatic rings. The summed E-state index contributed by atoms with van der Waals surface area (Å²) in [6.45, 7) is 0. The first-order valence-electron chi connectivity index (χ1n) is 17.3. The van der Waals surface area contributed by atoms with Gasteiger partial charge < -0.3 is 10.2 Å². The van der Waals surface area contributed by atoms with Crippen LogP contribution >= 0.6 is 0 Å². The number of carbonyl (C=O) groups is 2. The van der Waals surface area contributed by atoms with Crippen LogP contribution in [0.2, 0.25) is 0 Å². The monoisotopic (exact) mass is 1100 g/mol. The van der Waals surface area contributed by atoms with Gasteiger partial charge in [-0.15, -0.1) is 0 Å². The summed E-state index contributed by atoms with van der Waals surface area (Å²) >= 11 is 0. The van der Waals surface area contributed by atoms with E-state index in [4.69, 9.17) is 10.5 Å². The second-order valence-corrected chi connectivity index (χ2v) is 13.5. The van der Waals surface area contributed by atoms with E-state index in [0.29, 0.717) is 0 Å². The standard InChI is InChI=1S/2C20H7F12NO2.Cu/c2*21-17(22,23)10-1-8(2-11(5-10)18(24,25)26)15(34)14(7-33)16(35)9-3-12(19(27,28)29)6-13(4-9)20(30,31)32;/h2*1-6,34H;/b2*15-14-;. The molecule has 0 aliphatic heterocycles. The van der Waals surface area contributed by atoms with Gasteiger partial charge in [0.25, 0.3) is 0 Å². The van der Waals surface area contributed by atoms with Crippen LogP contribution in [0, 0.1) is 22.7 Å². The number of allylic oxidation sites excluding steroid dienone is 2. The maximum atomic E-state index is 13.0. The molecule has 0 bridgehead atoms. The van der Waals surface area contributed by atoms with Crippen LogP contribution in [0.25, 0.3) is 11.5 Å². The van der Waals surface area contributed by atoms with Crippen LogP contribution in [0.3, 0.4) is 0 Å². The molecular weight excluding hydrogens is 1090 g/mol. The van der Waals surface area contributed by atoms with Crippen LogP contribution in [0.5, 0.6) is 0 Å². The number of hydrogen-bond donors (Lipinski definition) is 2. The van der Waals surface area contributed by atoms with Crippen LogP contribution in [0.4, 0.5) is 105 Å². The molecule has 0 aliphatic rings. The van der Waals surface area contributed by atoms with Crippen molar-refractivity contribution in [3.8, 4) is 12.1 Å². The zero-order valence-corrected chi connectivity index (χ0v) is 33.8. The van der Waals surface area contributed by atoms with E-state index in [9.17, 15) is 125 Å². The molecule has 0 aliphatic carbocycles. The van der Waals surface area contributed by atoms with Crippen molar-refractivity contribution in [2.45, 2.75) is 49.4 Å². The first-order valence-corrected chi connectivity index (χ1v) is 17.3. The van der Waals surface area contributed by atoms with E-state index in [1.807, 2.05) is 0 Å². The third-order valence-electron chi connectivity index (χ3n) is 8.57. The van der Waals surface area contributed by atoms with Crippen molar-refractivity contribution in [2.75, 3.05) is 0 Å². The number of aliphatic hydroxyl groups is 2. The molecule has 0 heterocycles. The van der Waals surface area contributed by atoms with Gasteiger partial charge in [-0.1, -0.05) is 0 Å². The molecule has 0 fully saturated rings.